The molecule has 2 rings (SSSR count). The third kappa shape index (κ3) is 4.17. The Morgan fingerprint density at radius 3 is 2.53 bits per heavy atom. The summed E-state index contributed by atoms with van der Waals surface area (Å²) in [7, 11) is 0. The minimum atomic E-state index is 0.149. The minimum Gasteiger partial charge on any atom is -0.299 e. The molecule has 2 atom stereocenters. The van der Waals surface area contributed by atoms with Gasteiger partial charge >= 0.3 is 0 Å². The molecule has 0 aromatic heterocycles. The molecule has 1 aliphatic rings. The Bertz CT molecular complexity index is 410. The molecular weight excluding hydrogens is 300 g/mol. The van der Waals surface area contributed by atoms with Crippen LogP contribution < -0.4 is 0 Å². The largest absolute Gasteiger partial charge is 0.299 e. The normalized spacial score (nSPS) is 23.6. The number of hydrogen-bond donors (Lipinski definition) is 0. The maximum Gasteiger partial charge on any atom is 0.140 e. The van der Waals surface area contributed by atoms with E-state index >= 15 is 0 Å². The van der Waals surface area contributed by atoms with Crippen LogP contribution in [0, 0.1) is 5.92 Å². The summed E-state index contributed by atoms with van der Waals surface area (Å²) in [6.07, 6.45) is 8.16. The Balaban J connectivity index is 1.90. The average molecular weight is 323 g/mol. The standard InChI is InChI=1S/C17H23BrO/c1-2-3-4-5-13-6-11-16(17(19)12-13)14-7-9-15(18)10-8-14/h7-10,13,16H,2-6,11-12H2,1H3. The molecule has 1 aliphatic carbocycles. The Labute approximate surface area is 124 Å². The van der Waals surface area contributed by atoms with E-state index in [1.807, 2.05) is 12.1 Å². The summed E-state index contributed by atoms with van der Waals surface area (Å²) in [4.78, 5) is 12.3. The highest BCUT2D eigenvalue weighted by Crippen LogP contribution is 2.35. The highest BCUT2D eigenvalue weighted by atomic mass is 79.9. The second-order valence-electron chi connectivity index (χ2n) is 5.71. The number of unbranched alkanes of at least 4 members (excludes halogenated alkanes) is 2. The van der Waals surface area contributed by atoms with Gasteiger partial charge in [0.15, 0.2) is 0 Å². The molecule has 1 aromatic carbocycles. The van der Waals surface area contributed by atoms with E-state index in [0.717, 1.165) is 17.3 Å². The summed E-state index contributed by atoms with van der Waals surface area (Å²) in [5.41, 5.74) is 1.19. The maximum absolute atomic E-state index is 12.3. The molecule has 0 N–H and O–H groups in total. The number of carbonyl (C=O) groups is 1. The van der Waals surface area contributed by atoms with Crippen LogP contribution in [0.5, 0.6) is 0 Å². The zero-order chi connectivity index (χ0) is 13.7. The zero-order valence-corrected chi connectivity index (χ0v) is 13.3. The molecular formula is C17H23BrO. The van der Waals surface area contributed by atoms with Crippen LogP contribution in [-0.2, 0) is 4.79 Å². The molecule has 1 nitrogen and oxygen atoms in total. The van der Waals surface area contributed by atoms with E-state index in [1.54, 1.807) is 0 Å². The van der Waals surface area contributed by atoms with E-state index in [4.69, 9.17) is 0 Å². The fourth-order valence-electron chi connectivity index (χ4n) is 3.07. The van der Waals surface area contributed by atoms with Crippen molar-refractivity contribution in [2.45, 2.75) is 57.8 Å². The highest BCUT2D eigenvalue weighted by molar-refractivity contribution is 9.10. The van der Waals surface area contributed by atoms with Crippen molar-refractivity contribution in [2.24, 2.45) is 5.92 Å². The van der Waals surface area contributed by atoms with Crippen molar-refractivity contribution < 1.29 is 4.79 Å². The molecule has 1 saturated carbocycles. The first-order valence-corrected chi connectivity index (χ1v) is 8.28. The number of benzene rings is 1. The van der Waals surface area contributed by atoms with Gasteiger partial charge in [0.2, 0.25) is 0 Å². The highest BCUT2D eigenvalue weighted by Gasteiger charge is 2.29. The molecule has 0 radical (unpaired) electrons. The first-order valence-electron chi connectivity index (χ1n) is 7.49. The minimum absolute atomic E-state index is 0.149. The zero-order valence-electron chi connectivity index (χ0n) is 11.7. The Hall–Kier alpha value is -0.630. The predicted molar refractivity (Wildman–Crippen MR) is 83.4 cm³/mol. The van der Waals surface area contributed by atoms with Gasteiger partial charge in [-0.15, -0.1) is 0 Å². The summed E-state index contributed by atoms with van der Waals surface area (Å²) >= 11 is 3.44. The van der Waals surface area contributed by atoms with Crippen molar-refractivity contribution in [2.75, 3.05) is 0 Å². The number of carbonyl (C=O) groups excluding carboxylic acids is 1. The van der Waals surface area contributed by atoms with Crippen LogP contribution in [0.2, 0.25) is 0 Å². The second-order valence-corrected chi connectivity index (χ2v) is 6.63. The molecule has 0 bridgehead atoms. The Morgan fingerprint density at radius 1 is 1.16 bits per heavy atom. The van der Waals surface area contributed by atoms with Crippen molar-refractivity contribution in [1.82, 2.24) is 0 Å². The molecule has 0 amide bonds. The van der Waals surface area contributed by atoms with Gasteiger partial charge in [-0.1, -0.05) is 60.7 Å². The summed E-state index contributed by atoms with van der Waals surface area (Å²) in [5.74, 6) is 1.25. The van der Waals surface area contributed by atoms with Gasteiger partial charge in [-0.05, 0) is 36.5 Å². The molecule has 1 aromatic rings. The number of Topliss-reactive ketones (excluding diaryl/α,β-unsaturated/α-hetero) is 1. The molecule has 0 spiro atoms. The third-order valence-electron chi connectivity index (χ3n) is 4.23. The maximum atomic E-state index is 12.3. The lowest BCUT2D eigenvalue weighted by atomic mass is 9.76. The lowest BCUT2D eigenvalue weighted by Gasteiger charge is -2.27. The fourth-order valence-corrected chi connectivity index (χ4v) is 3.33. The van der Waals surface area contributed by atoms with E-state index in [-0.39, 0.29) is 5.92 Å². The van der Waals surface area contributed by atoms with E-state index in [1.165, 1.54) is 37.7 Å². The van der Waals surface area contributed by atoms with Gasteiger partial charge in [0.25, 0.3) is 0 Å². The molecule has 0 saturated heterocycles. The van der Waals surface area contributed by atoms with Crippen LogP contribution in [0.4, 0.5) is 0 Å². The van der Waals surface area contributed by atoms with Gasteiger partial charge < -0.3 is 0 Å². The van der Waals surface area contributed by atoms with Gasteiger partial charge in [-0.25, -0.2) is 0 Å². The quantitative estimate of drug-likeness (QED) is 0.656. The van der Waals surface area contributed by atoms with Gasteiger partial charge in [0.05, 0.1) is 0 Å². The first kappa shape index (κ1) is 14.8. The summed E-state index contributed by atoms with van der Waals surface area (Å²) in [6.45, 7) is 2.23. The molecule has 0 aliphatic heterocycles. The fraction of sp³-hybridized carbons (Fsp3) is 0.588. The van der Waals surface area contributed by atoms with Crippen molar-refractivity contribution in [3.8, 4) is 0 Å². The van der Waals surface area contributed by atoms with Crippen molar-refractivity contribution in [3.63, 3.8) is 0 Å². The lowest BCUT2D eigenvalue weighted by Crippen LogP contribution is -2.23. The van der Waals surface area contributed by atoms with Crippen molar-refractivity contribution in [3.05, 3.63) is 34.3 Å². The van der Waals surface area contributed by atoms with Crippen LogP contribution in [0.3, 0.4) is 0 Å². The van der Waals surface area contributed by atoms with Gasteiger partial charge in [0, 0.05) is 16.8 Å². The van der Waals surface area contributed by atoms with Gasteiger partial charge in [-0.2, -0.15) is 0 Å². The van der Waals surface area contributed by atoms with Crippen molar-refractivity contribution in [1.29, 1.82) is 0 Å². The first-order chi connectivity index (χ1) is 9.20. The number of hydrogen-bond acceptors (Lipinski definition) is 1. The van der Waals surface area contributed by atoms with Crippen LogP contribution in [-0.4, -0.2) is 5.78 Å². The molecule has 19 heavy (non-hydrogen) atoms. The molecule has 0 heterocycles. The van der Waals surface area contributed by atoms with E-state index in [2.05, 4.69) is 35.0 Å². The van der Waals surface area contributed by atoms with Crippen molar-refractivity contribution >= 4 is 21.7 Å². The molecule has 104 valence electrons. The Kier molecular flexibility index (Phi) is 5.62. The third-order valence-corrected chi connectivity index (χ3v) is 4.76. The lowest BCUT2D eigenvalue weighted by molar-refractivity contribution is -0.123. The van der Waals surface area contributed by atoms with Gasteiger partial charge in [0.1, 0.15) is 5.78 Å². The smallest absolute Gasteiger partial charge is 0.140 e. The van der Waals surface area contributed by atoms with Crippen LogP contribution in [0.25, 0.3) is 0 Å². The van der Waals surface area contributed by atoms with Crippen LogP contribution >= 0.6 is 15.9 Å². The molecule has 1 fully saturated rings. The second kappa shape index (κ2) is 7.23. The van der Waals surface area contributed by atoms with Crippen LogP contribution in [0.1, 0.15) is 63.4 Å². The van der Waals surface area contributed by atoms with E-state index in [9.17, 15) is 4.79 Å². The van der Waals surface area contributed by atoms with Crippen LogP contribution in [0.15, 0.2) is 28.7 Å². The topological polar surface area (TPSA) is 17.1 Å². The summed E-state index contributed by atoms with van der Waals surface area (Å²) < 4.78 is 1.08. The summed E-state index contributed by atoms with van der Waals surface area (Å²) in [5, 5.41) is 0. The SMILES string of the molecule is CCCCCC1CCC(c2ccc(Br)cc2)C(=O)C1. The summed E-state index contributed by atoms with van der Waals surface area (Å²) in [6, 6.07) is 8.25. The van der Waals surface area contributed by atoms with E-state index < -0.39 is 0 Å². The number of halogens is 1. The Morgan fingerprint density at radius 2 is 1.89 bits per heavy atom. The average Bonchev–Trinajstić information content (AvgIpc) is 2.41. The monoisotopic (exact) mass is 322 g/mol. The molecule has 2 heteroatoms. The van der Waals surface area contributed by atoms with E-state index in [0.29, 0.717) is 11.7 Å². The van der Waals surface area contributed by atoms with Gasteiger partial charge in [-0.3, -0.25) is 4.79 Å². The number of rotatable bonds is 5. The predicted octanol–water partition coefficient (Wildman–Crippen LogP) is 5.48. The number of ketones is 1. The molecule has 2 unspecified atom stereocenters.